The van der Waals surface area contributed by atoms with Crippen molar-refractivity contribution in [3.63, 3.8) is 0 Å². The van der Waals surface area contributed by atoms with Crippen molar-refractivity contribution < 1.29 is 36.6 Å². The van der Waals surface area contributed by atoms with Gasteiger partial charge in [-0.2, -0.15) is 4.98 Å². The van der Waals surface area contributed by atoms with E-state index >= 15 is 0 Å². The summed E-state index contributed by atoms with van der Waals surface area (Å²) in [6.45, 7) is 16.2. The van der Waals surface area contributed by atoms with Crippen molar-refractivity contribution in [2.45, 2.75) is 72.3 Å². The third kappa shape index (κ3) is 6.97. The fourth-order valence-electron chi connectivity index (χ4n) is 4.10. The maximum absolute atomic E-state index is 14.2. The minimum absolute atomic E-state index is 0.00394. The van der Waals surface area contributed by atoms with Crippen LogP contribution in [0.3, 0.4) is 0 Å². The highest BCUT2D eigenvalue weighted by atomic mass is 28.4. The van der Waals surface area contributed by atoms with Crippen molar-refractivity contribution in [3.8, 4) is 11.6 Å². The fraction of sp³-hybridized carbons (Fsp3) is 0.500. The fourth-order valence-corrected chi connectivity index (χ4v) is 5.13. The van der Waals surface area contributed by atoms with Crippen LogP contribution >= 0.6 is 0 Å². The van der Waals surface area contributed by atoms with Gasteiger partial charge in [0.2, 0.25) is 11.3 Å². The standard InChI is InChI=1S/C30H39F3N2O6Si/c1-10-39-29(37)21-14-35(24(17(2)3)16-41-42(8,9)30(4,5)6)27-20(25(21)36)11-18(28(34-27)38-7)15-40-26-22(32)12-19(31)13-23(26)33/h11-14,17,24H,10,15-16H2,1-9H3/t24-/m1/s1. The molecule has 0 fully saturated rings. The van der Waals surface area contributed by atoms with Gasteiger partial charge in [0.1, 0.15) is 23.6 Å². The summed E-state index contributed by atoms with van der Waals surface area (Å²) in [7, 11) is -0.815. The number of hydrogen-bond acceptors (Lipinski definition) is 7. The van der Waals surface area contributed by atoms with E-state index in [1.54, 1.807) is 11.5 Å². The molecule has 0 unspecified atom stereocenters. The van der Waals surface area contributed by atoms with Gasteiger partial charge in [-0.3, -0.25) is 4.79 Å². The highest BCUT2D eigenvalue weighted by molar-refractivity contribution is 6.74. The Morgan fingerprint density at radius 2 is 1.71 bits per heavy atom. The van der Waals surface area contributed by atoms with Crippen LogP contribution in [0.2, 0.25) is 18.1 Å². The van der Waals surface area contributed by atoms with Crippen LogP contribution in [0.4, 0.5) is 13.2 Å². The number of ether oxygens (including phenoxy) is 3. The second-order valence-corrected chi connectivity index (χ2v) is 16.7. The SMILES string of the molecule is CCOC(=O)c1cn([C@H](CO[Si](C)(C)C(C)(C)C)C(C)C)c2nc(OC)c(COc3c(F)cc(F)cc3F)cc2c1=O. The van der Waals surface area contributed by atoms with Gasteiger partial charge >= 0.3 is 5.97 Å². The molecule has 0 aliphatic rings. The highest BCUT2D eigenvalue weighted by Gasteiger charge is 2.38. The minimum atomic E-state index is -2.17. The Balaban J connectivity index is 2.20. The number of esters is 1. The van der Waals surface area contributed by atoms with Crippen LogP contribution in [-0.4, -0.2) is 44.2 Å². The summed E-state index contributed by atoms with van der Waals surface area (Å²) in [6, 6.07) is 2.07. The molecule has 8 nitrogen and oxygen atoms in total. The van der Waals surface area contributed by atoms with E-state index < -0.39 is 49.5 Å². The molecule has 1 atom stereocenters. The molecular formula is C30H39F3N2O6Si. The second kappa shape index (κ2) is 12.9. The zero-order valence-electron chi connectivity index (χ0n) is 25.6. The largest absolute Gasteiger partial charge is 0.483 e. The molecule has 230 valence electrons. The average Bonchev–Trinajstić information content (AvgIpc) is 2.88. The third-order valence-corrected chi connectivity index (χ3v) is 12.1. The number of methoxy groups -OCH3 is 1. The molecule has 0 bridgehead atoms. The first-order chi connectivity index (χ1) is 19.5. The predicted octanol–water partition coefficient (Wildman–Crippen LogP) is 6.80. The lowest BCUT2D eigenvalue weighted by molar-refractivity contribution is 0.0523. The summed E-state index contributed by atoms with van der Waals surface area (Å²) in [4.78, 5) is 31.1. The van der Waals surface area contributed by atoms with Crippen LogP contribution in [0.25, 0.3) is 11.0 Å². The third-order valence-electron chi connectivity index (χ3n) is 7.62. The Labute approximate surface area is 244 Å². The number of aromatic nitrogens is 2. The second-order valence-electron chi connectivity index (χ2n) is 11.9. The van der Waals surface area contributed by atoms with Crippen LogP contribution in [0.1, 0.15) is 63.5 Å². The monoisotopic (exact) mass is 608 g/mol. The highest BCUT2D eigenvalue weighted by Crippen LogP contribution is 2.38. The molecule has 2 aromatic heterocycles. The van der Waals surface area contributed by atoms with Gasteiger partial charge in [-0.15, -0.1) is 0 Å². The molecule has 3 aromatic rings. The molecular weight excluding hydrogens is 569 g/mol. The molecule has 0 amide bonds. The van der Waals surface area contributed by atoms with Crippen molar-refractivity contribution in [3.05, 3.63) is 63.2 Å². The van der Waals surface area contributed by atoms with Crippen LogP contribution in [-0.2, 0) is 15.8 Å². The maximum Gasteiger partial charge on any atom is 0.343 e. The summed E-state index contributed by atoms with van der Waals surface area (Å²) < 4.78 is 66.0. The lowest BCUT2D eigenvalue weighted by Crippen LogP contribution is -2.42. The van der Waals surface area contributed by atoms with E-state index in [4.69, 9.17) is 18.6 Å². The summed E-state index contributed by atoms with van der Waals surface area (Å²) >= 11 is 0. The lowest BCUT2D eigenvalue weighted by Gasteiger charge is -2.38. The van der Waals surface area contributed by atoms with Gasteiger partial charge in [-0.05, 0) is 37.0 Å². The Morgan fingerprint density at radius 3 is 2.24 bits per heavy atom. The van der Waals surface area contributed by atoms with Crippen molar-refractivity contribution >= 4 is 25.3 Å². The van der Waals surface area contributed by atoms with E-state index in [0.29, 0.717) is 18.7 Å². The molecule has 12 heteroatoms. The average molecular weight is 609 g/mol. The van der Waals surface area contributed by atoms with Gasteiger partial charge in [0.25, 0.3) is 0 Å². The number of rotatable bonds is 11. The van der Waals surface area contributed by atoms with E-state index in [2.05, 4.69) is 38.8 Å². The van der Waals surface area contributed by atoms with Gasteiger partial charge < -0.3 is 23.2 Å². The quantitative estimate of drug-likeness (QED) is 0.175. The van der Waals surface area contributed by atoms with E-state index in [0.717, 1.165) is 0 Å². The number of pyridine rings is 2. The molecule has 0 saturated carbocycles. The zero-order valence-corrected chi connectivity index (χ0v) is 26.6. The Kier molecular flexibility index (Phi) is 10.1. The molecule has 0 N–H and O–H groups in total. The molecule has 0 spiro atoms. The first kappa shape index (κ1) is 33.1. The van der Waals surface area contributed by atoms with Crippen molar-refractivity contribution in [1.29, 1.82) is 0 Å². The van der Waals surface area contributed by atoms with Crippen molar-refractivity contribution in [2.75, 3.05) is 20.3 Å². The van der Waals surface area contributed by atoms with E-state index in [1.807, 2.05) is 13.8 Å². The topological polar surface area (TPSA) is 88.9 Å². The first-order valence-electron chi connectivity index (χ1n) is 13.7. The molecule has 0 aliphatic heterocycles. The van der Waals surface area contributed by atoms with Gasteiger partial charge in [-0.25, -0.2) is 18.0 Å². The Bertz CT molecular complexity index is 1490. The Morgan fingerprint density at radius 1 is 1.10 bits per heavy atom. The zero-order chi connectivity index (χ0) is 31.6. The van der Waals surface area contributed by atoms with Crippen molar-refractivity contribution in [1.82, 2.24) is 9.55 Å². The van der Waals surface area contributed by atoms with Gasteiger partial charge in [0.05, 0.1) is 37.3 Å². The molecule has 42 heavy (non-hydrogen) atoms. The van der Waals surface area contributed by atoms with Gasteiger partial charge in [0, 0.05) is 18.3 Å². The van der Waals surface area contributed by atoms with E-state index in [1.165, 1.54) is 19.4 Å². The maximum atomic E-state index is 14.2. The molecule has 2 heterocycles. The molecule has 0 radical (unpaired) electrons. The summed E-state index contributed by atoms with van der Waals surface area (Å²) in [5, 5.41) is 0.00812. The van der Waals surface area contributed by atoms with Crippen LogP contribution in [0, 0.1) is 23.4 Å². The summed E-state index contributed by atoms with van der Waals surface area (Å²) in [6.07, 6.45) is 1.44. The van der Waals surface area contributed by atoms with Gasteiger partial charge in [-0.1, -0.05) is 34.6 Å². The molecule has 0 saturated heterocycles. The van der Waals surface area contributed by atoms with Crippen LogP contribution < -0.4 is 14.9 Å². The predicted molar refractivity (Wildman–Crippen MR) is 156 cm³/mol. The summed E-state index contributed by atoms with van der Waals surface area (Å²) in [5.41, 5.74) is -0.429. The number of carbonyl (C=O) groups excluding carboxylic acids is 1. The Hall–Kier alpha value is -3.38. The van der Waals surface area contributed by atoms with E-state index in [9.17, 15) is 22.8 Å². The summed E-state index contributed by atoms with van der Waals surface area (Å²) in [5.74, 6) is -5.10. The van der Waals surface area contributed by atoms with Crippen molar-refractivity contribution in [2.24, 2.45) is 5.92 Å². The number of halogens is 3. The number of benzene rings is 1. The molecule has 3 rings (SSSR count). The number of nitrogens with zero attached hydrogens (tertiary/aromatic N) is 2. The van der Waals surface area contributed by atoms with E-state index in [-0.39, 0.29) is 51.6 Å². The lowest BCUT2D eigenvalue weighted by atomic mass is 10.0. The van der Waals surface area contributed by atoms with Crippen LogP contribution in [0.15, 0.2) is 29.2 Å². The van der Waals surface area contributed by atoms with Gasteiger partial charge in [0.15, 0.2) is 25.7 Å². The smallest absolute Gasteiger partial charge is 0.343 e. The normalized spacial score (nSPS) is 13.0. The molecule has 0 aliphatic carbocycles. The minimum Gasteiger partial charge on any atom is -0.483 e. The number of hydrogen-bond donors (Lipinski definition) is 0. The molecule has 1 aromatic carbocycles. The first-order valence-corrected chi connectivity index (χ1v) is 16.6. The number of carbonyl (C=O) groups is 1. The number of fused-ring (bicyclic) bond motifs is 1. The van der Waals surface area contributed by atoms with Crippen LogP contribution in [0.5, 0.6) is 11.6 Å².